The van der Waals surface area contributed by atoms with E-state index in [1.54, 1.807) is 6.08 Å². The van der Waals surface area contributed by atoms with Gasteiger partial charge in [0.1, 0.15) is 0 Å². The molecule has 0 aliphatic heterocycles. The standard InChI is InChI=1S/C11H16O/c1-3-7-10(12)11(2)8-5-4-6-9-11/h3-5,7H,6,8-9H2,1-2H3/b7-3+. The summed E-state index contributed by atoms with van der Waals surface area (Å²) in [7, 11) is 0. The van der Waals surface area contributed by atoms with Crippen molar-refractivity contribution < 1.29 is 4.79 Å². The monoisotopic (exact) mass is 164 g/mol. The number of hydrogen-bond acceptors (Lipinski definition) is 1. The van der Waals surface area contributed by atoms with E-state index in [0.717, 1.165) is 19.3 Å². The van der Waals surface area contributed by atoms with Crippen molar-refractivity contribution in [2.45, 2.75) is 33.1 Å². The first-order valence-corrected chi connectivity index (χ1v) is 4.51. The molecule has 1 rings (SSSR count). The quantitative estimate of drug-likeness (QED) is 0.453. The van der Waals surface area contributed by atoms with E-state index in [2.05, 4.69) is 19.1 Å². The number of ketones is 1. The Kier molecular flexibility index (Phi) is 2.85. The molecule has 0 saturated heterocycles. The summed E-state index contributed by atoms with van der Waals surface area (Å²) in [5.74, 6) is 0.273. The fraction of sp³-hybridized carbons (Fsp3) is 0.545. The van der Waals surface area contributed by atoms with Gasteiger partial charge in [-0.05, 0) is 32.3 Å². The van der Waals surface area contributed by atoms with E-state index in [1.165, 1.54) is 0 Å². The lowest BCUT2D eigenvalue weighted by Gasteiger charge is -2.27. The van der Waals surface area contributed by atoms with E-state index >= 15 is 0 Å². The molecule has 1 aliphatic carbocycles. The first-order valence-electron chi connectivity index (χ1n) is 4.51. The fourth-order valence-corrected chi connectivity index (χ4v) is 1.54. The topological polar surface area (TPSA) is 17.1 Å². The molecule has 1 atom stereocenters. The van der Waals surface area contributed by atoms with Crippen molar-refractivity contribution in [3.05, 3.63) is 24.3 Å². The molecule has 0 radical (unpaired) electrons. The van der Waals surface area contributed by atoms with Gasteiger partial charge in [0.2, 0.25) is 0 Å². The minimum absolute atomic E-state index is 0.124. The molecule has 0 saturated carbocycles. The molecule has 1 heteroatoms. The van der Waals surface area contributed by atoms with Gasteiger partial charge in [-0.1, -0.05) is 25.2 Å². The molecule has 1 unspecified atom stereocenters. The van der Waals surface area contributed by atoms with Crippen LogP contribution in [-0.2, 0) is 4.79 Å². The molecule has 1 aliphatic rings. The van der Waals surface area contributed by atoms with Crippen LogP contribution in [0.5, 0.6) is 0 Å². The lowest BCUT2D eigenvalue weighted by molar-refractivity contribution is -0.123. The van der Waals surface area contributed by atoms with Crippen molar-refractivity contribution >= 4 is 5.78 Å². The second kappa shape index (κ2) is 3.70. The number of allylic oxidation sites excluding steroid dienone is 4. The Labute approximate surface area is 74.2 Å². The average Bonchev–Trinajstić information content (AvgIpc) is 2.06. The van der Waals surface area contributed by atoms with E-state index in [1.807, 2.05) is 13.0 Å². The maximum Gasteiger partial charge on any atom is 0.161 e. The Balaban J connectivity index is 2.70. The van der Waals surface area contributed by atoms with Crippen molar-refractivity contribution in [3.8, 4) is 0 Å². The molecule has 0 spiro atoms. The summed E-state index contributed by atoms with van der Waals surface area (Å²) >= 11 is 0. The normalized spacial score (nSPS) is 29.5. The third kappa shape index (κ3) is 1.84. The van der Waals surface area contributed by atoms with Gasteiger partial charge in [-0.15, -0.1) is 0 Å². The molecule has 0 heterocycles. The molecular formula is C11H16O. The van der Waals surface area contributed by atoms with E-state index in [-0.39, 0.29) is 11.2 Å². The highest BCUT2D eigenvalue weighted by atomic mass is 16.1. The molecule has 0 fully saturated rings. The molecule has 0 amide bonds. The highest BCUT2D eigenvalue weighted by molar-refractivity contribution is 5.94. The van der Waals surface area contributed by atoms with Crippen LogP contribution in [0.4, 0.5) is 0 Å². The van der Waals surface area contributed by atoms with Crippen LogP contribution < -0.4 is 0 Å². The highest BCUT2D eigenvalue weighted by Gasteiger charge is 2.30. The van der Waals surface area contributed by atoms with Crippen LogP contribution in [0.15, 0.2) is 24.3 Å². The number of carbonyl (C=O) groups excluding carboxylic acids is 1. The predicted molar refractivity (Wildman–Crippen MR) is 50.9 cm³/mol. The minimum atomic E-state index is -0.124. The van der Waals surface area contributed by atoms with Crippen LogP contribution in [0.1, 0.15) is 33.1 Å². The average molecular weight is 164 g/mol. The van der Waals surface area contributed by atoms with Gasteiger partial charge < -0.3 is 0 Å². The van der Waals surface area contributed by atoms with Gasteiger partial charge in [0.05, 0.1) is 0 Å². The van der Waals surface area contributed by atoms with Crippen molar-refractivity contribution in [2.24, 2.45) is 5.41 Å². The van der Waals surface area contributed by atoms with Crippen molar-refractivity contribution in [1.29, 1.82) is 0 Å². The van der Waals surface area contributed by atoms with Crippen molar-refractivity contribution in [1.82, 2.24) is 0 Å². The van der Waals surface area contributed by atoms with Gasteiger partial charge in [0, 0.05) is 5.41 Å². The van der Waals surface area contributed by atoms with Gasteiger partial charge in [-0.3, -0.25) is 4.79 Å². The summed E-state index contributed by atoms with van der Waals surface area (Å²) in [6.45, 7) is 3.94. The van der Waals surface area contributed by atoms with Gasteiger partial charge in [-0.2, -0.15) is 0 Å². The third-order valence-electron chi connectivity index (χ3n) is 2.51. The molecule has 0 bridgehead atoms. The summed E-state index contributed by atoms with van der Waals surface area (Å²) < 4.78 is 0. The first kappa shape index (κ1) is 9.24. The predicted octanol–water partition coefficient (Wildman–Crippen LogP) is 2.88. The van der Waals surface area contributed by atoms with Crippen molar-refractivity contribution in [3.63, 3.8) is 0 Å². The Morgan fingerprint density at radius 3 is 2.75 bits per heavy atom. The zero-order valence-corrected chi connectivity index (χ0v) is 7.84. The lowest BCUT2D eigenvalue weighted by atomic mass is 9.75. The Hall–Kier alpha value is -0.850. The summed E-state index contributed by atoms with van der Waals surface area (Å²) in [5.41, 5.74) is -0.124. The summed E-state index contributed by atoms with van der Waals surface area (Å²) in [6.07, 6.45) is 10.7. The SMILES string of the molecule is C/C=C/C(=O)C1(C)CC=CCC1. The smallest absolute Gasteiger partial charge is 0.161 e. The van der Waals surface area contributed by atoms with Crippen molar-refractivity contribution in [2.75, 3.05) is 0 Å². The van der Waals surface area contributed by atoms with Gasteiger partial charge in [0.15, 0.2) is 5.78 Å². The molecule has 0 aromatic rings. The second-order valence-electron chi connectivity index (χ2n) is 3.64. The minimum Gasteiger partial charge on any atom is -0.294 e. The molecular weight excluding hydrogens is 148 g/mol. The molecule has 1 nitrogen and oxygen atoms in total. The zero-order valence-electron chi connectivity index (χ0n) is 7.84. The first-order chi connectivity index (χ1) is 5.69. The number of carbonyl (C=O) groups is 1. The molecule has 0 aromatic carbocycles. The van der Waals surface area contributed by atoms with Crippen LogP contribution >= 0.6 is 0 Å². The van der Waals surface area contributed by atoms with E-state index < -0.39 is 0 Å². The van der Waals surface area contributed by atoms with Crippen LogP contribution in [0.25, 0.3) is 0 Å². The lowest BCUT2D eigenvalue weighted by Crippen LogP contribution is -2.26. The number of rotatable bonds is 2. The zero-order chi connectivity index (χ0) is 9.03. The number of hydrogen-bond donors (Lipinski definition) is 0. The van der Waals surface area contributed by atoms with Gasteiger partial charge in [0.25, 0.3) is 0 Å². The van der Waals surface area contributed by atoms with Crippen LogP contribution in [0.2, 0.25) is 0 Å². The van der Waals surface area contributed by atoms with E-state index in [0.29, 0.717) is 0 Å². The van der Waals surface area contributed by atoms with Gasteiger partial charge in [-0.25, -0.2) is 0 Å². The molecule has 12 heavy (non-hydrogen) atoms. The van der Waals surface area contributed by atoms with Gasteiger partial charge >= 0.3 is 0 Å². The van der Waals surface area contributed by atoms with Crippen LogP contribution in [-0.4, -0.2) is 5.78 Å². The Bertz CT molecular complexity index is 225. The van der Waals surface area contributed by atoms with E-state index in [4.69, 9.17) is 0 Å². The largest absolute Gasteiger partial charge is 0.294 e. The summed E-state index contributed by atoms with van der Waals surface area (Å²) in [6, 6.07) is 0. The third-order valence-corrected chi connectivity index (χ3v) is 2.51. The molecule has 0 N–H and O–H groups in total. The summed E-state index contributed by atoms with van der Waals surface area (Å²) in [4.78, 5) is 11.6. The highest BCUT2D eigenvalue weighted by Crippen LogP contribution is 2.33. The Morgan fingerprint density at radius 2 is 2.25 bits per heavy atom. The Morgan fingerprint density at radius 1 is 1.50 bits per heavy atom. The molecule has 0 aromatic heterocycles. The fourth-order valence-electron chi connectivity index (χ4n) is 1.54. The maximum absolute atomic E-state index is 11.6. The van der Waals surface area contributed by atoms with Crippen LogP contribution in [0, 0.1) is 5.41 Å². The second-order valence-corrected chi connectivity index (χ2v) is 3.64. The molecule has 66 valence electrons. The van der Waals surface area contributed by atoms with Crippen LogP contribution in [0.3, 0.4) is 0 Å². The maximum atomic E-state index is 11.6. The van der Waals surface area contributed by atoms with E-state index in [9.17, 15) is 4.79 Å². The summed E-state index contributed by atoms with van der Waals surface area (Å²) in [5, 5.41) is 0.